The van der Waals surface area contributed by atoms with Crippen molar-refractivity contribution in [2.75, 3.05) is 4.90 Å². The molecule has 2 aromatic carbocycles. The van der Waals surface area contributed by atoms with Gasteiger partial charge in [0.2, 0.25) is 0 Å². The maximum atomic E-state index is 14.0. The van der Waals surface area contributed by atoms with E-state index < -0.39 is 23.4 Å². The van der Waals surface area contributed by atoms with Gasteiger partial charge in [-0.15, -0.1) is 0 Å². The number of anilines is 1. The van der Waals surface area contributed by atoms with Gasteiger partial charge in [0, 0.05) is 17.2 Å². The Labute approximate surface area is 185 Å². The van der Waals surface area contributed by atoms with Gasteiger partial charge in [-0.1, -0.05) is 60.2 Å². The number of benzene rings is 2. The largest absolute Gasteiger partial charge is 0.351 e. The van der Waals surface area contributed by atoms with Crippen LogP contribution in [0.1, 0.15) is 33.0 Å². The van der Waals surface area contributed by atoms with Crippen molar-refractivity contribution in [3.05, 3.63) is 93.7 Å². The molecule has 3 unspecified atom stereocenters. The molecule has 0 amide bonds. The number of hydrogen-bond donors (Lipinski definition) is 0. The Morgan fingerprint density at radius 1 is 1.06 bits per heavy atom. The van der Waals surface area contributed by atoms with Crippen LogP contribution in [0, 0.1) is 35.0 Å². The first-order chi connectivity index (χ1) is 15.1. The summed E-state index contributed by atoms with van der Waals surface area (Å²) >= 11 is 1.51. The molecule has 2 aliphatic heterocycles. The minimum atomic E-state index is -1.38. The average molecular weight is 422 g/mol. The third kappa shape index (κ3) is 2.75. The number of ketones is 1. The molecular formula is C26H19N3OS. The molecule has 2 aliphatic rings. The summed E-state index contributed by atoms with van der Waals surface area (Å²) in [6.45, 7) is 1.98. The van der Waals surface area contributed by atoms with Crippen LogP contribution in [-0.2, 0) is 0 Å². The van der Waals surface area contributed by atoms with Crippen LogP contribution < -0.4 is 4.90 Å². The summed E-state index contributed by atoms with van der Waals surface area (Å²) in [6, 6.07) is 20.8. The van der Waals surface area contributed by atoms with Crippen LogP contribution >= 0.6 is 11.3 Å². The zero-order chi connectivity index (χ0) is 21.6. The number of hydrogen-bond acceptors (Lipinski definition) is 5. The van der Waals surface area contributed by atoms with Gasteiger partial charge < -0.3 is 4.90 Å². The molecule has 0 radical (unpaired) electrons. The molecule has 3 aromatic rings. The van der Waals surface area contributed by atoms with E-state index in [9.17, 15) is 15.3 Å². The quantitative estimate of drug-likeness (QED) is 0.535. The van der Waals surface area contributed by atoms with E-state index in [1.165, 1.54) is 11.3 Å². The Hall–Kier alpha value is -3.67. The third-order valence-corrected chi connectivity index (χ3v) is 7.12. The van der Waals surface area contributed by atoms with Gasteiger partial charge in [0.1, 0.15) is 6.04 Å². The normalized spacial score (nSPS) is 22.8. The standard InChI is InChI=1S/C26H19N3OS/c1-17-6-8-19(9-7-17)25(30)24-23(20-12-13-31-14-20)26(15-27,16-28)22-11-10-18-4-2-3-5-21(18)29(22)24/h2-14,22-24H,1H3. The molecule has 0 bridgehead atoms. The Balaban J connectivity index is 1.77. The van der Waals surface area contributed by atoms with Crippen LogP contribution in [0.25, 0.3) is 6.08 Å². The number of carbonyl (C=O) groups is 1. The summed E-state index contributed by atoms with van der Waals surface area (Å²) in [6.07, 6.45) is 3.87. The van der Waals surface area contributed by atoms with E-state index in [-0.39, 0.29) is 5.78 Å². The molecule has 3 heterocycles. The Kier molecular flexibility index (Phi) is 4.50. The van der Waals surface area contributed by atoms with Gasteiger partial charge in [0.05, 0.1) is 18.2 Å². The lowest BCUT2D eigenvalue weighted by Crippen LogP contribution is -2.44. The highest BCUT2D eigenvalue weighted by Gasteiger charge is 2.63. The first-order valence-corrected chi connectivity index (χ1v) is 11.1. The first kappa shape index (κ1) is 19.3. The molecule has 31 heavy (non-hydrogen) atoms. The van der Waals surface area contributed by atoms with Crippen LogP contribution in [0.2, 0.25) is 0 Å². The number of para-hydroxylation sites is 1. The monoisotopic (exact) mass is 421 g/mol. The van der Waals surface area contributed by atoms with Gasteiger partial charge in [-0.3, -0.25) is 4.79 Å². The highest BCUT2D eigenvalue weighted by atomic mass is 32.1. The van der Waals surface area contributed by atoms with E-state index in [1.54, 1.807) is 0 Å². The van der Waals surface area contributed by atoms with Crippen LogP contribution in [0.3, 0.4) is 0 Å². The summed E-state index contributed by atoms with van der Waals surface area (Å²) in [4.78, 5) is 16.0. The van der Waals surface area contributed by atoms with Crippen molar-refractivity contribution in [1.29, 1.82) is 10.5 Å². The fourth-order valence-corrected chi connectivity index (χ4v) is 5.64. The zero-order valence-electron chi connectivity index (χ0n) is 16.9. The lowest BCUT2D eigenvalue weighted by atomic mass is 9.69. The van der Waals surface area contributed by atoms with Crippen LogP contribution in [0.15, 0.2) is 71.4 Å². The molecular weight excluding hydrogens is 402 g/mol. The third-order valence-electron chi connectivity index (χ3n) is 6.42. The lowest BCUT2D eigenvalue weighted by molar-refractivity contribution is 0.0951. The molecule has 5 rings (SSSR count). The summed E-state index contributed by atoms with van der Waals surface area (Å²) in [5.74, 6) is -0.637. The molecule has 1 saturated heterocycles. The maximum Gasteiger partial charge on any atom is 0.185 e. The number of fused-ring (bicyclic) bond motifs is 3. The second kappa shape index (κ2) is 7.23. The molecule has 0 aliphatic carbocycles. The van der Waals surface area contributed by atoms with Crippen molar-refractivity contribution in [3.8, 4) is 12.1 Å². The molecule has 4 nitrogen and oxygen atoms in total. The minimum Gasteiger partial charge on any atom is -0.351 e. The Morgan fingerprint density at radius 3 is 2.48 bits per heavy atom. The number of nitriles is 2. The van der Waals surface area contributed by atoms with Gasteiger partial charge in [0.25, 0.3) is 0 Å². The van der Waals surface area contributed by atoms with Gasteiger partial charge in [-0.2, -0.15) is 21.9 Å². The second-order valence-electron chi connectivity index (χ2n) is 8.07. The maximum absolute atomic E-state index is 14.0. The molecule has 150 valence electrons. The van der Waals surface area contributed by atoms with Gasteiger partial charge in [-0.25, -0.2) is 0 Å². The van der Waals surface area contributed by atoms with E-state index in [0.29, 0.717) is 5.56 Å². The van der Waals surface area contributed by atoms with E-state index in [2.05, 4.69) is 12.1 Å². The number of rotatable bonds is 3. The van der Waals surface area contributed by atoms with E-state index >= 15 is 0 Å². The van der Waals surface area contributed by atoms with Crippen molar-refractivity contribution in [2.24, 2.45) is 5.41 Å². The summed E-state index contributed by atoms with van der Waals surface area (Å²) in [5, 5.41) is 24.6. The van der Waals surface area contributed by atoms with E-state index in [4.69, 9.17) is 0 Å². The first-order valence-electron chi connectivity index (χ1n) is 10.1. The smallest absolute Gasteiger partial charge is 0.185 e. The van der Waals surface area contributed by atoms with E-state index in [1.807, 2.05) is 89.3 Å². The van der Waals surface area contributed by atoms with Crippen molar-refractivity contribution in [3.63, 3.8) is 0 Å². The van der Waals surface area contributed by atoms with Gasteiger partial charge in [0.15, 0.2) is 11.2 Å². The average Bonchev–Trinajstić information content (AvgIpc) is 3.43. The summed E-state index contributed by atoms with van der Waals surface area (Å²) in [5.41, 5.74) is 3.01. The molecule has 1 aromatic heterocycles. The van der Waals surface area contributed by atoms with Crippen molar-refractivity contribution < 1.29 is 4.79 Å². The molecule has 0 N–H and O–H groups in total. The van der Waals surface area contributed by atoms with Crippen molar-refractivity contribution in [2.45, 2.75) is 24.9 Å². The van der Waals surface area contributed by atoms with Gasteiger partial charge >= 0.3 is 0 Å². The van der Waals surface area contributed by atoms with Crippen LogP contribution in [0.4, 0.5) is 5.69 Å². The fourth-order valence-electron chi connectivity index (χ4n) is 4.95. The van der Waals surface area contributed by atoms with Crippen molar-refractivity contribution in [1.82, 2.24) is 0 Å². The summed E-state index contributed by atoms with van der Waals surface area (Å²) < 4.78 is 0. The number of Topliss-reactive ketones (excluding diaryl/α,β-unsaturated/α-hetero) is 1. The van der Waals surface area contributed by atoms with Gasteiger partial charge in [-0.05, 0) is 40.9 Å². The lowest BCUT2D eigenvalue weighted by Gasteiger charge is -2.35. The Morgan fingerprint density at radius 2 is 1.81 bits per heavy atom. The zero-order valence-corrected chi connectivity index (χ0v) is 17.7. The fraction of sp³-hybridized carbons (Fsp3) is 0.192. The number of nitrogens with zero attached hydrogens (tertiary/aromatic N) is 3. The number of aryl methyl sites for hydroxylation is 1. The topological polar surface area (TPSA) is 67.9 Å². The second-order valence-corrected chi connectivity index (χ2v) is 8.85. The molecule has 1 fully saturated rings. The minimum absolute atomic E-state index is 0.0707. The molecule has 3 atom stereocenters. The van der Waals surface area contributed by atoms with Crippen LogP contribution in [0.5, 0.6) is 0 Å². The van der Waals surface area contributed by atoms with Crippen molar-refractivity contribution >= 4 is 28.9 Å². The van der Waals surface area contributed by atoms with E-state index in [0.717, 1.165) is 22.4 Å². The molecule has 5 heteroatoms. The molecule has 0 spiro atoms. The number of carbonyl (C=O) groups excluding carboxylic acids is 1. The SMILES string of the molecule is Cc1ccc(C(=O)C2C(c3ccsc3)C(C#N)(C#N)C3C=Cc4ccccc4N23)cc1. The Bertz CT molecular complexity index is 1250. The highest BCUT2D eigenvalue weighted by Crippen LogP contribution is 2.55. The molecule has 0 saturated carbocycles. The van der Waals surface area contributed by atoms with Crippen LogP contribution in [-0.4, -0.2) is 17.9 Å². The predicted molar refractivity (Wildman–Crippen MR) is 122 cm³/mol. The summed E-state index contributed by atoms with van der Waals surface area (Å²) in [7, 11) is 0. The number of thiophene rings is 1. The highest BCUT2D eigenvalue weighted by molar-refractivity contribution is 7.08. The predicted octanol–water partition coefficient (Wildman–Crippen LogP) is 5.34.